The van der Waals surface area contributed by atoms with Crippen molar-refractivity contribution in [3.05, 3.63) is 102 Å². The molecule has 0 saturated heterocycles. The van der Waals surface area contributed by atoms with Gasteiger partial charge in [0.05, 0.1) is 6.54 Å². The number of hydrogen-bond acceptors (Lipinski definition) is 8. The van der Waals surface area contributed by atoms with E-state index in [1.807, 2.05) is 36.4 Å². The van der Waals surface area contributed by atoms with Crippen molar-refractivity contribution >= 4 is 29.7 Å². The maximum Gasteiger partial charge on any atom is 0.408 e. The summed E-state index contributed by atoms with van der Waals surface area (Å²) < 4.78 is 5.26. The third kappa shape index (κ3) is 11.0. The number of nitrogens with two attached hydrogens (primary N) is 1. The molecule has 45 heavy (non-hydrogen) atoms. The summed E-state index contributed by atoms with van der Waals surface area (Å²) in [6, 6.07) is 21.0. The second-order valence-corrected chi connectivity index (χ2v) is 10.3. The van der Waals surface area contributed by atoms with Crippen LogP contribution in [0.3, 0.4) is 0 Å². The molecule has 13 nitrogen and oxygen atoms in total. The number of aromatic hydroxyl groups is 1. The van der Waals surface area contributed by atoms with Gasteiger partial charge in [0.25, 0.3) is 5.91 Å². The molecule has 3 atom stereocenters. The SMILES string of the molecule is C[C@@H](NC(=O)[C@H](Cc1ccc(O)cc1)NC(=O)OCc1ccccc1)C(=O)NCC(=O)N(C)[C@@H](Cc1ccccc1)C(=O)NN. The minimum absolute atomic E-state index is 0.0132. The number of alkyl carbamates (subject to hydrolysis) is 1. The first-order chi connectivity index (χ1) is 21.6. The average molecular weight is 619 g/mol. The molecule has 13 heteroatoms. The Morgan fingerprint density at radius 1 is 0.778 bits per heavy atom. The number of likely N-dealkylation sites (N-methyl/N-ethyl adjacent to an activating group) is 1. The smallest absolute Gasteiger partial charge is 0.408 e. The summed E-state index contributed by atoms with van der Waals surface area (Å²) in [5.74, 6) is 2.91. The molecule has 0 aromatic heterocycles. The Morgan fingerprint density at radius 3 is 1.96 bits per heavy atom. The fourth-order valence-electron chi connectivity index (χ4n) is 4.32. The number of phenolic OH excluding ortho intramolecular Hbond substituents is 1. The van der Waals surface area contributed by atoms with Gasteiger partial charge in [0.1, 0.15) is 30.5 Å². The van der Waals surface area contributed by atoms with Crippen LogP contribution in [0.2, 0.25) is 0 Å². The van der Waals surface area contributed by atoms with Gasteiger partial charge in [0.15, 0.2) is 0 Å². The largest absolute Gasteiger partial charge is 0.508 e. The van der Waals surface area contributed by atoms with Gasteiger partial charge in [-0.15, -0.1) is 0 Å². The zero-order chi connectivity index (χ0) is 32.8. The lowest BCUT2D eigenvalue weighted by Gasteiger charge is -2.27. The average Bonchev–Trinajstić information content (AvgIpc) is 3.05. The van der Waals surface area contributed by atoms with E-state index in [2.05, 4.69) is 21.4 Å². The molecular formula is C32H38N6O7. The van der Waals surface area contributed by atoms with Crippen LogP contribution in [-0.2, 0) is 43.4 Å². The number of nitrogens with zero attached hydrogens (tertiary/aromatic N) is 1. The van der Waals surface area contributed by atoms with Crippen molar-refractivity contribution in [2.45, 2.75) is 44.5 Å². The summed E-state index contributed by atoms with van der Waals surface area (Å²) in [7, 11) is 1.43. The molecule has 0 saturated carbocycles. The Bertz CT molecular complexity index is 1440. The lowest BCUT2D eigenvalue weighted by atomic mass is 10.0. The minimum Gasteiger partial charge on any atom is -0.508 e. The summed E-state index contributed by atoms with van der Waals surface area (Å²) in [6.07, 6.45) is -0.596. The van der Waals surface area contributed by atoms with Crippen LogP contribution in [0.25, 0.3) is 0 Å². The summed E-state index contributed by atoms with van der Waals surface area (Å²) in [5, 5.41) is 17.2. The Morgan fingerprint density at radius 2 is 1.36 bits per heavy atom. The van der Waals surface area contributed by atoms with Crippen molar-refractivity contribution < 1.29 is 33.8 Å². The number of carbonyl (C=O) groups excluding carboxylic acids is 5. The molecule has 3 aromatic carbocycles. The standard InChI is InChI=1S/C32H38N6O7/c1-21(29(41)34-19-28(40)38(2)27(31(43)37-33)18-22-9-5-3-6-10-22)35-30(42)26(17-23-13-15-25(39)16-14-23)36-32(44)45-20-24-11-7-4-8-12-24/h3-16,21,26-27,39H,17-20,33H2,1-2H3,(H,34,41)(H,35,42)(H,36,44)(H,37,43)/t21-,26+,27+/m1/s1. The lowest BCUT2D eigenvalue weighted by molar-refractivity contribution is -0.139. The molecular weight excluding hydrogens is 580 g/mol. The number of benzene rings is 3. The molecule has 0 unspecified atom stereocenters. The first-order valence-electron chi connectivity index (χ1n) is 14.2. The van der Waals surface area contributed by atoms with E-state index in [0.29, 0.717) is 5.56 Å². The predicted octanol–water partition coefficient (Wildman–Crippen LogP) is 0.910. The molecule has 0 spiro atoms. The highest BCUT2D eigenvalue weighted by Gasteiger charge is 2.29. The molecule has 5 amide bonds. The number of phenols is 1. The molecule has 3 rings (SSSR count). The van der Waals surface area contributed by atoms with Crippen LogP contribution < -0.4 is 27.2 Å². The van der Waals surface area contributed by atoms with Crippen molar-refractivity contribution in [1.82, 2.24) is 26.3 Å². The Labute approximate surface area is 261 Å². The third-order valence-electron chi connectivity index (χ3n) is 6.94. The van der Waals surface area contributed by atoms with Crippen molar-refractivity contribution in [1.29, 1.82) is 0 Å². The van der Waals surface area contributed by atoms with Gasteiger partial charge < -0.3 is 30.7 Å². The highest BCUT2D eigenvalue weighted by Crippen LogP contribution is 2.12. The first kappa shape index (κ1) is 34.1. The van der Waals surface area contributed by atoms with Gasteiger partial charge >= 0.3 is 6.09 Å². The van der Waals surface area contributed by atoms with Gasteiger partial charge in [-0.05, 0) is 35.7 Å². The van der Waals surface area contributed by atoms with E-state index in [9.17, 15) is 29.1 Å². The number of hydrazine groups is 1. The summed E-state index contributed by atoms with van der Waals surface area (Å²) in [4.78, 5) is 65.1. The van der Waals surface area contributed by atoms with Gasteiger partial charge in [0.2, 0.25) is 17.7 Å². The number of amides is 5. The predicted molar refractivity (Wildman–Crippen MR) is 165 cm³/mol. The summed E-state index contributed by atoms with van der Waals surface area (Å²) in [6.45, 7) is 0.965. The fraction of sp³-hybridized carbons (Fsp3) is 0.281. The van der Waals surface area contributed by atoms with Crippen LogP contribution in [0.15, 0.2) is 84.9 Å². The van der Waals surface area contributed by atoms with Crippen LogP contribution in [0.5, 0.6) is 5.75 Å². The number of carbonyl (C=O) groups is 5. The zero-order valence-corrected chi connectivity index (χ0v) is 25.1. The van der Waals surface area contributed by atoms with Crippen LogP contribution in [0, 0.1) is 0 Å². The second-order valence-electron chi connectivity index (χ2n) is 10.3. The molecule has 0 fully saturated rings. The monoisotopic (exact) mass is 618 g/mol. The third-order valence-corrected chi connectivity index (χ3v) is 6.94. The van der Waals surface area contributed by atoms with Gasteiger partial charge in [-0.1, -0.05) is 72.8 Å². The van der Waals surface area contributed by atoms with Crippen molar-refractivity contribution in [2.24, 2.45) is 5.84 Å². The molecule has 0 radical (unpaired) electrons. The van der Waals surface area contributed by atoms with E-state index >= 15 is 0 Å². The van der Waals surface area contributed by atoms with Crippen LogP contribution in [-0.4, -0.2) is 71.4 Å². The van der Waals surface area contributed by atoms with Gasteiger partial charge in [-0.25, -0.2) is 10.6 Å². The molecule has 0 aliphatic rings. The van der Waals surface area contributed by atoms with Gasteiger partial charge in [-0.3, -0.25) is 24.6 Å². The summed E-state index contributed by atoms with van der Waals surface area (Å²) in [5.41, 5.74) is 4.27. The summed E-state index contributed by atoms with van der Waals surface area (Å²) >= 11 is 0. The maximum absolute atomic E-state index is 13.2. The first-order valence-corrected chi connectivity index (χ1v) is 14.2. The number of rotatable bonds is 14. The van der Waals surface area contributed by atoms with E-state index in [0.717, 1.165) is 11.1 Å². The zero-order valence-electron chi connectivity index (χ0n) is 25.1. The lowest BCUT2D eigenvalue weighted by Crippen LogP contribution is -2.55. The van der Waals surface area contributed by atoms with E-state index in [-0.39, 0.29) is 25.2 Å². The highest BCUT2D eigenvalue weighted by atomic mass is 16.5. The van der Waals surface area contributed by atoms with Crippen LogP contribution in [0.1, 0.15) is 23.6 Å². The number of ether oxygens (including phenoxy) is 1. The normalized spacial score (nSPS) is 12.5. The molecule has 0 heterocycles. The number of hydrogen-bond donors (Lipinski definition) is 6. The molecule has 3 aromatic rings. The molecule has 238 valence electrons. The highest BCUT2D eigenvalue weighted by molar-refractivity contribution is 5.93. The van der Waals surface area contributed by atoms with Crippen LogP contribution in [0.4, 0.5) is 4.79 Å². The van der Waals surface area contributed by atoms with E-state index in [4.69, 9.17) is 10.6 Å². The second kappa shape index (κ2) is 17.0. The van der Waals surface area contributed by atoms with Crippen molar-refractivity contribution in [2.75, 3.05) is 13.6 Å². The van der Waals surface area contributed by atoms with Gasteiger partial charge in [0, 0.05) is 19.9 Å². The maximum atomic E-state index is 13.2. The Hall–Kier alpha value is -5.43. The fourth-order valence-corrected chi connectivity index (χ4v) is 4.32. The molecule has 0 aliphatic carbocycles. The molecule has 0 aliphatic heterocycles. The quantitative estimate of drug-likeness (QED) is 0.0872. The molecule has 7 N–H and O–H groups in total. The van der Waals surface area contributed by atoms with E-state index < -0.39 is 54.4 Å². The Kier molecular flexibility index (Phi) is 12.9. The van der Waals surface area contributed by atoms with Crippen molar-refractivity contribution in [3.8, 4) is 5.75 Å². The Balaban J connectivity index is 1.59. The van der Waals surface area contributed by atoms with E-state index in [1.165, 1.54) is 31.0 Å². The van der Waals surface area contributed by atoms with E-state index in [1.54, 1.807) is 36.4 Å². The molecule has 0 bridgehead atoms. The van der Waals surface area contributed by atoms with Crippen LogP contribution >= 0.6 is 0 Å². The topological polar surface area (TPSA) is 192 Å². The minimum atomic E-state index is -1.13. The number of nitrogens with one attached hydrogen (secondary N) is 4. The van der Waals surface area contributed by atoms with Gasteiger partial charge in [-0.2, -0.15) is 0 Å². The van der Waals surface area contributed by atoms with Crippen molar-refractivity contribution in [3.63, 3.8) is 0 Å².